The molecule has 0 spiro atoms. The van der Waals surface area contributed by atoms with Crippen molar-refractivity contribution < 1.29 is 21.9 Å². The number of nitrogens with one attached hydrogen (secondary N) is 2. The van der Waals surface area contributed by atoms with Crippen LogP contribution in [-0.2, 0) is 22.1 Å². The summed E-state index contributed by atoms with van der Waals surface area (Å²) in [4.78, 5) is 4.09. The van der Waals surface area contributed by atoms with Crippen LogP contribution in [0.25, 0.3) is 0 Å². The lowest BCUT2D eigenvalue weighted by Crippen LogP contribution is -2.41. The standard InChI is InChI=1S/C20H25F2N3O3S/c1-14(28-19-6-4-5-17(21)10-19)11-24-20(23-2)25-12-16-9-18(22)8-7-15(16)13-29(3,26)27/h4-10,14H,11-13H2,1-3H3,(H2,23,24,25). The topological polar surface area (TPSA) is 79.8 Å². The number of halogens is 2. The fourth-order valence-corrected chi connectivity index (χ4v) is 3.48. The summed E-state index contributed by atoms with van der Waals surface area (Å²) in [5.74, 6) is -0.129. The molecule has 0 heterocycles. The van der Waals surface area contributed by atoms with Crippen LogP contribution in [0.15, 0.2) is 47.5 Å². The maximum atomic E-state index is 13.6. The third kappa shape index (κ3) is 8.06. The zero-order chi connectivity index (χ0) is 21.4. The number of nitrogens with zero attached hydrogens (tertiary/aromatic N) is 1. The van der Waals surface area contributed by atoms with Crippen molar-refractivity contribution in [2.75, 3.05) is 19.8 Å². The number of aliphatic imine (C=N–C) groups is 1. The van der Waals surface area contributed by atoms with Crippen molar-refractivity contribution in [1.82, 2.24) is 10.6 Å². The summed E-state index contributed by atoms with van der Waals surface area (Å²) in [6.07, 6.45) is 0.860. The highest BCUT2D eigenvalue weighted by molar-refractivity contribution is 7.89. The van der Waals surface area contributed by atoms with Crippen LogP contribution >= 0.6 is 0 Å². The van der Waals surface area contributed by atoms with Crippen LogP contribution < -0.4 is 15.4 Å². The summed E-state index contributed by atoms with van der Waals surface area (Å²) < 4.78 is 55.7. The van der Waals surface area contributed by atoms with Gasteiger partial charge < -0.3 is 15.4 Å². The van der Waals surface area contributed by atoms with E-state index in [1.165, 1.54) is 30.3 Å². The van der Waals surface area contributed by atoms with Crippen molar-refractivity contribution in [3.63, 3.8) is 0 Å². The Kier molecular flexibility index (Phi) is 7.95. The molecule has 6 nitrogen and oxygen atoms in total. The predicted octanol–water partition coefficient (Wildman–Crippen LogP) is 2.64. The summed E-state index contributed by atoms with van der Waals surface area (Å²) in [5.41, 5.74) is 1.06. The Morgan fingerprint density at radius 1 is 1.10 bits per heavy atom. The molecule has 0 bridgehead atoms. The SMILES string of the molecule is CN=C(NCc1cc(F)ccc1CS(C)(=O)=O)NCC(C)Oc1cccc(F)c1. The lowest BCUT2D eigenvalue weighted by Gasteiger charge is -2.18. The molecule has 29 heavy (non-hydrogen) atoms. The molecule has 2 N–H and O–H groups in total. The monoisotopic (exact) mass is 425 g/mol. The number of ether oxygens (including phenoxy) is 1. The van der Waals surface area contributed by atoms with E-state index in [0.717, 1.165) is 6.26 Å². The molecule has 0 aliphatic rings. The summed E-state index contributed by atoms with van der Waals surface area (Å²) in [5, 5.41) is 6.09. The second-order valence-electron chi connectivity index (χ2n) is 6.68. The van der Waals surface area contributed by atoms with Gasteiger partial charge in [-0.2, -0.15) is 0 Å². The fraction of sp³-hybridized carbons (Fsp3) is 0.350. The molecule has 0 aliphatic carbocycles. The summed E-state index contributed by atoms with van der Waals surface area (Å²) in [6, 6.07) is 9.89. The number of rotatable bonds is 8. The Labute approximate surface area is 169 Å². The first-order valence-corrected chi connectivity index (χ1v) is 11.0. The maximum Gasteiger partial charge on any atom is 0.191 e. The third-order valence-corrected chi connectivity index (χ3v) is 4.78. The predicted molar refractivity (Wildman–Crippen MR) is 110 cm³/mol. The number of guanidine groups is 1. The van der Waals surface area contributed by atoms with Gasteiger partial charge in [-0.1, -0.05) is 12.1 Å². The molecule has 0 saturated heterocycles. The Morgan fingerprint density at radius 3 is 2.48 bits per heavy atom. The summed E-state index contributed by atoms with van der Waals surface area (Å²) >= 11 is 0. The van der Waals surface area contributed by atoms with E-state index in [0.29, 0.717) is 29.4 Å². The molecule has 0 aliphatic heterocycles. The Morgan fingerprint density at radius 2 is 1.83 bits per heavy atom. The van der Waals surface area contributed by atoms with Gasteiger partial charge in [0.2, 0.25) is 0 Å². The van der Waals surface area contributed by atoms with Crippen molar-refractivity contribution in [3.05, 3.63) is 65.2 Å². The van der Waals surface area contributed by atoms with Gasteiger partial charge in [0.25, 0.3) is 0 Å². The van der Waals surface area contributed by atoms with Crippen LogP contribution in [0, 0.1) is 11.6 Å². The summed E-state index contributed by atoms with van der Waals surface area (Å²) in [7, 11) is -1.67. The van der Waals surface area contributed by atoms with Gasteiger partial charge in [0, 0.05) is 25.9 Å². The molecule has 2 rings (SSSR count). The largest absolute Gasteiger partial charge is 0.489 e. The molecule has 2 aromatic carbocycles. The molecule has 1 atom stereocenters. The van der Waals surface area contributed by atoms with Gasteiger partial charge in [0.1, 0.15) is 23.5 Å². The number of benzene rings is 2. The van der Waals surface area contributed by atoms with Gasteiger partial charge in [-0.25, -0.2) is 17.2 Å². The van der Waals surface area contributed by atoms with E-state index in [-0.39, 0.29) is 24.2 Å². The molecular weight excluding hydrogens is 400 g/mol. The Bertz CT molecular complexity index is 965. The Hall–Kier alpha value is -2.68. The zero-order valence-corrected chi connectivity index (χ0v) is 17.4. The van der Waals surface area contributed by atoms with Crippen LogP contribution in [0.3, 0.4) is 0 Å². The second kappa shape index (κ2) is 10.2. The molecule has 0 saturated carbocycles. The van der Waals surface area contributed by atoms with Crippen LogP contribution in [0.5, 0.6) is 5.75 Å². The van der Waals surface area contributed by atoms with E-state index in [9.17, 15) is 17.2 Å². The first kappa shape index (κ1) is 22.6. The van der Waals surface area contributed by atoms with Crippen molar-refractivity contribution in [2.45, 2.75) is 25.3 Å². The average Bonchev–Trinajstić information content (AvgIpc) is 2.63. The van der Waals surface area contributed by atoms with E-state index in [1.807, 2.05) is 6.92 Å². The lowest BCUT2D eigenvalue weighted by molar-refractivity contribution is 0.223. The molecule has 0 aromatic heterocycles. The van der Waals surface area contributed by atoms with Crippen molar-refractivity contribution >= 4 is 15.8 Å². The van der Waals surface area contributed by atoms with E-state index in [4.69, 9.17) is 4.74 Å². The minimum Gasteiger partial charge on any atom is -0.489 e. The smallest absolute Gasteiger partial charge is 0.191 e. The van der Waals surface area contributed by atoms with Crippen molar-refractivity contribution in [3.8, 4) is 5.75 Å². The van der Waals surface area contributed by atoms with E-state index in [1.54, 1.807) is 19.2 Å². The second-order valence-corrected chi connectivity index (χ2v) is 8.82. The molecule has 158 valence electrons. The van der Waals surface area contributed by atoms with E-state index in [2.05, 4.69) is 15.6 Å². The quantitative estimate of drug-likeness (QED) is 0.502. The molecule has 9 heteroatoms. The van der Waals surface area contributed by atoms with Gasteiger partial charge in [-0.05, 0) is 42.3 Å². The molecular formula is C20H25F2N3O3S. The fourth-order valence-electron chi connectivity index (χ4n) is 2.64. The van der Waals surface area contributed by atoms with Crippen molar-refractivity contribution in [2.24, 2.45) is 4.99 Å². The van der Waals surface area contributed by atoms with Gasteiger partial charge in [-0.15, -0.1) is 0 Å². The van der Waals surface area contributed by atoms with Crippen LogP contribution in [-0.4, -0.2) is 40.3 Å². The van der Waals surface area contributed by atoms with Crippen molar-refractivity contribution in [1.29, 1.82) is 0 Å². The molecule has 0 fully saturated rings. The van der Waals surface area contributed by atoms with Gasteiger partial charge in [0.05, 0.1) is 12.3 Å². The minimum atomic E-state index is -3.25. The van der Waals surface area contributed by atoms with Gasteiger partial charge in [-0.3, -0.25) is 4.99 Å². The summed E-state index contributed by atoms with van der Waals surface area (Å²) in [6.45, 7) is 2.40. The molecule has 2 aromatic rings. The maximum absolute atomic E-state index is 13.6. The van der Waals surface area contributed by atoms with E-state index < -0.39 is 15.7 Å². The highest BCUT2D eigenvalue weighted by Gasteiger charge is 2.12. The first-order valence-electron chi connectivity index (χ1n) is 8.98. The molecule has 0 radical (unpaired) electrons. The molecule has 0 amide bonds. The first-order chi connectivity index (χ1) is 13.7. The Balaban J connectivity index is 1.93. The normalized spacial score (nSPS) is 13.1. The van der Waals surface area contributed by atoms with Crippen LogP contribution in [0.1, 0.15) is 18.1 Å². The van der Waals surface area contributed by atoms with E-state index >= 15 is 0 Å². The molecule has 1 unspecified atom stereocenters. The van der Waals surface area contributed by atoms with Crippen LogP contribution in [0.4, 0.5) is 8.78 Å². The zero-order valence-electron chi connectivity index (χ0n) is 16.6. The highest BCUT2D eigenvalue weighted by atomic mass is 32.2. The van der Waals surface area contributed by atoms with Crippen LogP contribution in [0.2, 0.25) is 0 Å². The number of sulfone groups is 1. The number of hydrogen-bond donors (Lipinski definition) is 2. The van der Waals surface area contributed by atoms with Gasteiger partial charge >= 0.3 is 0 Å². The minimum absolute atomic E-state index is 0.172. The highest BCUT2D eigenvalue weighted by Crippen LogP contribution is 2.15. The third-order valence-electron chi connectivity index (χ3n) is 3.95. The van der Waals surface area contributed by atoms with Gasteiger partial charge in [0.15, 0.2) is 15.8 Å². The number of hydrogen-bond acceptors (Lipinski definition) is 4. The lowest BCUT2D eigenvalue weighted by atomic mass is 10.1. The average molecular weight is 426 g/mol.